The van der Waals surface area contributed by atoms with Crippen molar-refractivity contribution in [1.82, 2.24) is 4.90 Å². The van der Waals surface area contributed by atoms with E-state index in [2.05, 4.69) is 32.6 Å². The Morgan fingerprint density at radius 1 is 1.14 bits per heavy atom. The second-order valence-corrected chi connectivity index (χ2v) is 5.06. The van der Waals surface area contributed by atoms with Crippen molar-refractivity contribution in [3.63, 3.8) is 0 Å². The molecule has 1 heterocycles. The van der Waals surface area contributed by atoms with Crippen LogP contribution in [-0.2, 0) is 4.74 Å². The number of hydrogen-bond donors (Lipinski definition) is 0. The fourth-order valence-corrected chi connectivity index (χ4v) is 1.89. The topological polar surface area (TPSA) is 12.5 Å². The summed E-state index contributed by atoms with van der Waals surface area (Å²) in [6, 6.07) is 0.695. The monoisotopic (exact) mass is 199 g/mol. The molecule has 0 saturated carbocycles. The first-order chi connectivity index (χ1) is 6.59. The first-order valence-electron chi connectivity index (χ1n) is 5.95. The first-order valence-corrected chi connectivity index (χ1v) is 5.95. The third-order valence-corrected chi connectivity index (χ3v) is 2.87. The third-order valence-electron chi connectivity index (χ3n) is 2.87. The van der Waals surface area contributed by atoms with Gasteiger partial charge in [0.25, 0.3) is 0 Å². The Bertz CT molecular complexity index is 148. The standard InChI is InChI=1S/C12H25NO/c1-10(2)9-14-12-5-7-13(8-6-12)11(3)4/h10-12H,5-9H2,1-4H3. The van der Waals surface area contributed by atoms with Crippen molar-refractivity contribution in [2.75, 3.05) is 19.7 Å². The highest BCUT2D eigenvalue weighted by molar-refractivity contribution is 4.74. The Labute approximate surface area is 88.6 Å². The number of nitrogens with zero attached hydrogens (tertiary/aromatic N) is 1. The van der Waals surface area contributed by atoms with E-state index in [1.54, 1.807) is 0 Å². The van der Waals surface area contributed by atoms with Gasteiger partial charge in [-0.3, -0.25) is 0 Å². The highest BCUT2D eigenvalue weighted by Gasteiger charge is 2.21. The van der Waals surface area contributed by atoms with Crippen molar-refractivity contribution in [1.29, 1.82) is 0 Å². The van der Waals surface area contributed by atoms with Crippen LogP contribution in [0.5, 0.6) is 0 Å². The number of piperidine rings is 1. The zero-order valence-electron chi connectivity index (χ0n) is 10.1. The zero-order valence-corrected chi connectivity index (χ0v) is 10.1. The van der Waals surface area contributed by atoms with Gasteiger partial charge < -0.3 is 9.64 Å². The van der Waals surface area contributed by atoms with Crippen LogP contribution in [0.2, 0.25) is 0 Å². The molecule has 0 spiro atoms. The van der Waals surface area contributed by atoms with Gasteiger partial charge in [-0.1, -0.05) is 13.8 Å². The largest absolute Gasteiger partial charge is 0.378 e. The second-order valence-electron chi connectivity index (χ2n) is 5.06. The van der Waals surface area contributed by atoms with Gasteiger partial charge in [0, 0.05) is 25.7 Å². The Morgan fingerprint density at radius 3 is 2.14 bits per heavy atom. The van der Waals surface area contributed by atoms with Crippen molar-refractivity contribution >= 4 is 0 Å². The van der Waals surface area contributed by atoms with Gasteiger partial charge in [-0.15, -0.1) is 0 Å². The zero-order chi connectivity index (χ0) is 10.6. The lowest BCUT2D eigenvalue weighted by atomic mass is 10.1. The predicted molar refractivity (Wildman–Crippen MR) is 60.5 cm³/mol. The molecule has 0 N–H and O–H groups in total. The van der Waals surface area contributed by atoms with E-state index in [1.165, 1.54) is 25.9 Å². The van der Waals surface area contributed by atoms with Crippen molar-refractivity contribution in [2.45, 2.75) is 52.7 Å². The molecule has 1 aliphatic heterocycles. The van der Waals surface area contributed by atoms with Gasteiger partial charge in [-0.2, -0.15) is 0 Å². The number of ether oxygens (including phenoxy) is 1. The summed E-state index contributed by atoms with van der Waals surface area (Å²) in [5, 5.41) is 0. The van der Waals surface area contributed by atoms with E-state index in [-0.39, 0.29) is 0 Å². The number of rotatable bonds is 4. The molecule has 0 aliphatic carbocycles. The van der Waals surface area contributed by atoms with Crippen LogP contribution < -0.4 is 0 Å². The maximum atomic E-state index is 5.85. The van der Waals surface area contributed by atoms with Crippen LogP contribution in [0.3, 0.4) is 0 Å². The summed E-state index contributed by atoms with van der Waals surface area (Å²) in [5.41, 5.74) is 0. The fraction of sp³-hybridized carbons (Fsp3) is 1.00. The molecule has 1 saturated heterocycles. The van der Waals surface area contributed by atoms with Crippen molar-refractivity contribution < 1.29 is 4.74 Å². The molecule has 84 valence electrons. The summed E-state index contributed by atoms with van der Waals surface area (Å²) in [6.45, 7) is 12.3. The van der Waals surface area contributed by atoms with Crippen molar-refractivity contribution in [3.8, 4) is 0 Å². The van der Waals surface area contributed by atoms with Crippen LogP contribution >= 0.6 is 0 Å². The molecule has 0 amide bonds. The molecule has 0 aromatic rings. The lowest BCUT2D eigenvalue weighted by molar-refractivity contribution is -0.00971. The van der Waals surface area contributed by atoms with Crippen LogP contribution in [0.25, 0.3) is 0 Å². The van der Waals surface area contributed by atoms with Gasteiger partial charge in [0.05, 0.1) is 6.10 Å². The summed E-state index contributed by atoms with van der Waals surface area (Å²) in [7, 11) is 0. The highest BCUT2D eigenvalue weighted by atomic mass is 16.5. The van der Waals surface area contributed by atoms with E-state index in [0.717, 1.165) is 6.61 Å². The molecule has 0 unspecified atom stereocenters. The van der Waals surface area contributed by atoms with Gasteiger partial charge in [-0.05, 0) is 32.6 Å². The Morgan fingerprint density at radius 2 is 1.71 bits per heavy atom. The van der Waals surface area contributed by atoms with E-state index in [4.69, 9.17) is 4.74 Å². The molecular weight excluding hydrogens is 174 g/mol. The first kappa shape index (κ1) is 12.0. The van der Waals surface area contributed by atoms with Crippen molar-refractivity contribution in [3.05, 3.63) is 0 Å². The maximum absolute atomic E-state index is 5.85. The van der Waals surface area contributed by atoms with E-state index < -0.39 is 0 Å². The van der Waals surface area contributed by atoms with E-state index in [9.17, 15) is 0 Å². The van der Waals surface area contributed by atoms with Crippen LogP contribution in [0.1, 0.15) is 40.5 Å². The summed E-state index contributed by atoms with van der Waals surface area (Å²) in [4.78, 5) is 2.54. The third kappa shape index (κ3) is 3.97. The molecular formula is C12H25NO. The van der Waals surface area contributed by atoms with Gasteiger partial charge in [0.15, 0.2) is 0 Å². The van der Waals surface area contributed by atoms with E-state index in [0.29, 0.717) is 18.1 Å². The average Bonchev–Trinajstić information content (AvgIpc) is 2.15. The molecule has 2 nitrogen and oxygen atoms in total. The highest BCUT2D eigenvalue weighted by Crippen LogP contribution is 2.16. The maximum Gasteiger partial charge on any atom is 0.0599 e. The van der Waals surface area contributed by atoms with Crippen molar-refractivity contribution in [2.24, 2.45) is 5.92 Å². The number of likely N-dealkylation sites (tertiary alicyclic amines) is 1. The van der Waals surface area contributed by atoms with E-state index in [1.807, 2.05) is 0 Å². The molecule has 1 rings (SSSR count). The Balaban J connectivity index is 2.16. The lowest BCUT2D eigenvalue weighted by Gasteiger charge is -2.34. The second kappa shape index (κ2) is 5.72. The molecule has 0 radical (unpaired) electrons. The minimum absolute atomic E-state index is 0.521. The van der Waals surface area contributed by atoms with Crippen LogP contribution in [0.4, 0.5) is 0 Å². The fourth-order valence-electron chi connectivity index (χ4n) is 1.89. The summed E-state index contributed by atoms with van der Waals surface area (Å²) < 4.78 is 5.85. The van der Waals surface area contributed by atoms with Gasteiger partial charge in [0.2, 0.25) is 0 Å². The molecule has 14 heavy (non-hydrogen) atoms. The minimum atomic E-state index is 0.521. The van der Waals surface area contributed by atoms with Gasteiger partial charge >= 0.3 is 0 Å². The predicted octanol–water partition coefficient (Wildman–Crippen LogP) is 2.53. The molecule has 0 aromatic heterocycles. The molecule has 1 fully saturated rings. The molecule has 1 aliphatic rings. The van der Waals surface area contributed by atoms with Crippen LogP contribution in [0, 0.1) is 5.92 Å². The lowest BCUT2D eigenvalue weighted by Crippen LogP contribution is -2.41. The van der Waals surface area contributed by atoms with Gasteiger partial charge in [-0.25, -0.2) is 0 Å². The quantitative estimate of drug-likeness (QED) is 0.690. The smallest absolute Gasteiger partial charge is 0.0599 e. The Hall–Kier alpha value is -0.0800. The van der Waals surface area contributed by atoms with Crippen LogP contribution in [0.15, 0.2) is 0 Å². The minimum Gasteiger partial charge on any atom is -0.378 e. The summed E-state index contributed by atoms with van der Waals surface area (Å²) in [5.74, 6) is 0.665. The Kier molecular flexibility index (Phi) is 4.90. The SMILES string of the molecule is CC(C)COC1CCN(C(C)C)CC1. The summed E-state index contributed by atoms with van der Waals surface area (Å²) in [6.07, 6.45) is 2.95. The van der Waals surface area contributed by atoms with Crippen LogP contribution in [-0.4, -0.2) is 36.7 Å². The molecule has 0 aromatic carbocycles. The average molecular weight is 199 g/mol. The van der Waals surface area contributed by atoms with E-state index >= 15 is 0 Å². The van der Waals surface area contributed by atoms with Gasteiger partial charge in [0.1, 0.15) is 0 Å². The molecule has 2 heteroatoms. The number of hydrogen-bond acceptors (Lipinski definition) is 2. The molecule has 0 bridgehead atoms. The summed E-state index contributed by atoms with van der Waals surface area (Å²) >= 11 is 0. The normalized spacial score (nSPS) is 21.0. The molecule has 0 atom stereocenters.